The summed E-state index contributed by atoms with van der Waals surface area (Å²) in [5.74, 6) is -0.256. The summed E-state index contributed by atoms with van der Waals surface area (Å²) in [5.41, 5.74) is 1.93. The molecule has 0 fully saturated rings. The Morgan fingerprint density at radius 3 is 2.16 bits per heavy atom. The second-order valence-electron chi connectivity index (χ2n) is 5.88. The van der Waals surface area contributed by atoms with Gasteiger partial charge in [0.05, 0.1) is 6.42 Å². The number of nitrogens with one attached hydrogen (secondary N) is 1. The fraction of sp³-hybridized carbons (Fsp3) is 0.238. The molecule has 0 heterocycles. The highest BCUT2D eigenvalue weighted by Gasteiger charge is 2.25. The Hall–Kier alpha value is -2.88. The van der Waals surface area contributed by atoms with Crippen LogP contribution < -0.4 is 5.32 Å². The fourth-order valence-electron chi connectivity index (χ4n) is 2.56. The van der Waals surface area contributed by atoms with Crippen molar-refractivity contribution in [2.24, 2.45) is 0 Å². The van der Waals surface area contributed by atoms with E-state index in [-0.39, 0.29) is 18.2 Å². The van der Waals surface area contributed by atoms with Crippen LogP contribution in [0.5, 0.6) is 0 Å². The summed E-state index contributed by atoms with van der Waals surface area (Å²) >= 11 is 0. The van der Waals surface area contributed by atoms with Gasteiger partial charge >= 0.3 is 0 Å². The molecular weight excluding hydrogens is 312 g/mol. The molecule has 2 rings (SSSR count). The quantitative estimate of drug-likeness (QED) is 0.754. The van der Waals surface area contributed by atoms with Gasteiger partial charge in [-0.05, 0) is 18.1 Å². The molecule has 25 heavy (non-hydrogen) atoms. The van der Waals surface area contributed by atoms with Gasteiger partial charge in [-0.1, -0.05) is 66.7 Å². The van der Waals surface area contributed by atoms with Crippen LogP contribution in [0.1, 0.15) is 18.1 Å². The van der Waals surface area contributed by atoms with Crippen LogP contribution >= 0.6 is 0 Å². The van der Waals surface area contributed by atoms with Crippen LogP contribution in [0.2, 0.25) is 0 Å². The van der Waals surface area contributed by atoms with E-state index in [0.29, 0.717) is 13.1 Å². The standard InChI is InChI=1S/C21H24N2O2/c1-3-14-22-21(25)17(2)23(16-19-12-8-5-9-13-19)20(24)15-18-10-6-4-7-11-18/h3-13,17H,1,14-16H2,2H3,(H,22,25). The van der Waals surface area contributed by atoms with E-state index >= 15 is 0 Å². The fourth-order valence-corrected chi connectivity index (χ4v) is 2.56. The highest BCUT2D eigenvalue weighted by molar-refractivity contribution is 5.88. The number of rotatable bonds is 8. The van der Waals surface area contributed by atoms with Crippen LogP contribution in [-0.2, 0) is 22.6 Å². The first-order valence-corrected chi connectivity index (χ1v) is 8.37. The third-order valence-corrected chi connectivity index (χ3v) is 3.98. The molecule has 2 aromatic carbocycles. The zero-order valence-electron chi connectivity index (χ0n) is 14.5. The minimum atomic E-state index is -0.559. The number of hydrogen-bond acceptors (Lipinski definition) is 2. The van der Waals surface area contributed by atoms with Gasteiger partial charge in [0.2, 0.25) is 11.8 Å². The Balaban J connectivity index is 2.16. The first-order chi connectivity index (χ1) is 12.1. The molecule has 130 valence electrons. The van der Waals surface area contributed by atoms with Crippen molar-refractivity contribution >= 4 is 11.8 Å². The number of carbonyl (C=O) groups is 2. The molecule has 0 aliphatic carbocycles. The van der Waals surface area contributed by atoms with Gasteiger partial charge in [0, 0.05) is 13.1 Å². The Bertz CT molecular complexity index is 698. The molecule has 0 aromatic heterocycles. The van der Waals surface area contributed by atoms with E-state index in [0.717, 1.165) is 11.1 Å². The molecule has 2 amide bonds. The molecule has 1 atom stereocenters. The van der Waals surface area contributed by atoms with Gasteiger partial charge in [0.25, 0.3) is 0 Å². The van der Waals surface area contributed by atoms with E-state index in [1.807, 2.05) is 60.7 Å². The zero-order valence-corrected chi connectivity index (χ0v) is 14.5. The van der Waals surface area contributed by atoms with Crippen molar-refractivity contribution in [2.45, 2.75) is 25.9 Å². The molecule has 0 aliphatic rings. The molecule has 1 unspecified atom stereocenters. The Kier molecular flexibility index (Phi) is 6.96. The molecule has 0 saturated carbocycles. The monoisotopic (exact) mass is 336 g/mol. The molecule has 0 saturated heterocycles. The molecule has 0 spiro atoms. The molecule has 2 aromatic rings. The van der Waals surface area contributed by atoms with Gasteiger partial charge in [-0.3, -0.25) is 9.59 Å². The third kappa shape index (κ3) is 5.60. The second-order valence-corrected chi connectivity index (χ2v) is 5.88. The van der Waals surface area contributed by atoms with E-state index < -0.39 is 6.04 Å². The predicted molar refractivity (Wildman–Crippen MR) is 99.8 cm³/mol. The highest BCUT2D eigenvalue weighted by atomic mass is 16.2. The number of carbonyl (C=O) groups excluding carboxylic acids is 2. The van der Waals surface area contributed by atoms with Crippen LogP contribution in [0, 0.1) is 0 Å². The minimum absolute atomic E-state index is 0.0729. The first-order valence-electron chi connectivity index (χ1n) is 8.37. The highest BCUT2D eigenvalue weighted by Crippen LogP contribution is 2.12. The average Bonchev–Trinajstić information content (AvgIpc) is 2.65. The van der Waals surface area contributed by atoms with Crippen molar-refractivity contribution in [2.75, 3.05) is 6.54 Å². The summed E-state index contributed by atoms with van der Waals surface area (Å²) in [5, 5.41) is 2.77. The third-order valence-electron chi connectivity index (χ3n) is 3.98. The average molecular weight is 336 g/mol. The van der Waals surface area contributed by atoms with E-state index in [1.54, 1.807) is 17.9 Å². The molecule has 4 heteroatoms. The van der Waals surface area contributed by atoms with Gasteiger partial charge < -0.3 is 10.2 Å². The number of benzene rings is 2. The Morgan fingerprint density at radius 1 is 1.04 bits per heavy atom. The van der Waals surface area contributed by atoms with Crippen molar-refractivity contribution < 1.29 is 9.59 Å². The van der Waals surface area contributed by atoms with Gasteiger partial charge in [-0.25, -0.2) is 0 Å². The van der Waals surface area contributed by atoms with E-state index in [4.69, 9.17) is 0 Å². The van der Waals surface area contributed by atoms with Crippen LogP contribution in [0.3, 0.4) is 0 Å². The number of amides is 2. The Morgan fingerprint density at radius 2 is 1.60 bits per heavy atom. The summed E-state index contributed by atoms with van der Waals surface area (Å²) < 4.78 is 0. The molecule has 0 radical (unpaired) electrons. The lowest BCUT2D eigenvalue weighted by molar-refractivity contribution is -0.140. The van der Waals surface area contributed by atoms with Gasteiger partial charge in [0.1, 0.15) is 6.04 Å². The lowest BCUT2D eigenvalue weighted by Gasteiger charge is -2.28. The van der Waals surface area contributed by atoms with Crippen molar-refractivity contribution in [1.29, 1.82) is 0 Å². The SMILES string of the molecule is C=CCNC(=O)C(C)N(Cc1ccccc1)C(=O)Cc1ccccc1. The molecule has 1 N–H and O–H groups in total. The van der Waals surface area contributed by atoms with E-state index in [1.165, 1.54) is 0 Å². The van der Waals surface area contributed by atoms with Crippen molar-refractivity contribution in [3.63, 3.8) is 0 Å². The van der Waals surface area contributed by atoms with E-state index in [2.05, 4.69) is 11.9 Å². The van der Waals surface area contributed by atoms with Gasteiger partial charge in [-0.15, -0.1) is 6.58 Å². The lowest BCUT2D eigenvalue weighted by atomic mass is 10.1. The Labute approximate surface area is 149 Å². The van der Waals surface area contributed by atoms with E-state index in [9.17, 15) is 9.59 Å². The maximum atomic E-state index is 12.9. The maximum Gasteiger partial charge on any atom is 0.242 e. The minimum Gasteiger partial charge on any atom is -0.351 e. The normalized spacial score (nSPS) is 11.4. The zero-order chi connectivity index (χ0) is 18.1. The first kappa shape index (κ1) is 18.5. The smallest absolute Gasteiger partial charge is 0.242 e. The molecule has 0 aliphatic heterocycles. The van der Waals surface area contributed by atoms with Crippen LogP contribution in [0.4, 0.5) is 0 Å². The number of hydrogen-bond donors (Lipinski definition) is 1. The van der Waals surface area contributed by atoms with Crippen LogP contribution in [-0.4, -0.2) is 29.3 Å². The van der Waals surface area contributed by atoms with Gasteiger partial charge in [0.15, 0.2) is 0 Å². The molecular formula is C21H24N2O2. The predicted octanol–water partition coefficient (Wildman–Crippen LogP) is 2.95. The van der Waals surface area contributed by atoms with Gasteiger partial charge in [-0.2, -0.15) is 0 Å². The van der Waals surface area contributed by atoms with Crippen LogP contribution in [0.25, 0.3) is 0 Å². The lowest BCUT2D eigenvalue weighted by Crippen LogP contribution is -2.48. The van der Waals surface area contributed by atoms with Crippen molar-refractivity contribution in [3.05, 3.63) is 84.4 Å². The van der Waals surface area contributed by atoms with Crippen molar-refractivity contribution in [1.82, 2.24) is 10.2 Å². The summed E-state index contributed by atoms with van der Waals surface area (Å²) in [6.07, 6.45) is 1.89. The summed E-state index contributed by atoms with van der Waals surface area (Å²) in [6, 6.07) is 18.7. The summed E-state index contributed by atoms with van der Waals surface area (Å²) in [6.45, 7) is 6.14. The van der Waals surface area contributed by atoms with Crippen molar-refractivity contribution in [3.8, 4) is 0 Å². The largest absolute Gasteiger partial charge is 0.351 e. The maximum absolute atomic E-state index is 12.9. The number of nitrogens with zero attached hydrogens (tertiary/aromatic N) is 1. The summed E-state index contributed by atoms with van der Waals surface area (Å²) in [4.78, 5) is 26.8. The topological polar surface area (TPSA) is 49.4 Å². The summed E-state index contributed by atoms with van der Waals surface area (Å²) in [7, 11) is 0. The molecule has 4 nitrogen and oxygen atoms in total. The second kappa shape index (κ2) is 9.42. The van der Waals surface area contributed by atoms with Crippen LogP contribution in [0.15, 0.2) is 73.3 Å². The molecule has 0 bridgehead atoms.